The first-order chi connectivity index (χ1) is 7.69. The molecule has 0 aliphatic rings. The molecular formula is C10H9BrN4O. The molecule has 1 heterocycles. The molecule has 0 unspecified atom stereocenters. The lowest BCUT2D eigenvalue weighted by molar-refractivity contribution is 0.379. The Morgan fingerprint density at radius 1 is 1.25 bits per heavy atom. The van der Waals surface area contributed by atoms with E-state index in [4.69, 9.17) is 10.5 Å². The number of aromatic nitrogens is 3. The summed E-state index contributed by atoms with van der Waals surface area (Å²) in [5.41, 5.74) is 6.41. The van der Waals surface area contributed by atoms with Gasteiger partial charge in [-0.25, -0.2) is 0 Å². The average molecular weight is 281 g/mol. The number of hydrogen-bond acceptors (Lipinski definition) is 5. The third-order valence-electron chi connectivity index (χ3n) is 1.90. The highest BCUT2D eigenvalue weighted by Gasteiger charge is 2.06. The number of halogens is 1. The van der Waals surface area contributed by atoms with Crippen LogP contribution < -0.4 is 10.5 Å². The van der Waals surface area contributed by atoms with Gasteiger partial charge in [0.25, 0.3) is 0 Å². The van der Waals surface area contributed by atoms with Crippen LogP contribution in [0.5, 0.6) is 6.01 Å². The van der Waals surface area contributed by atoms with E-state index in [-0.39, 0.29) is 12.0 Å². The van der Waals surface area contributed by atoms with E-state index in [9.17, 15) is 0 Å². The molecule has 82 valence electrons. The topological polar surface area (TPSA) is 73.9 Å². The first-order valence-corrected chi connectivity index (χ1v) is 5.30. The molecule has 0 aliphatic carbocycles. The van der Waals surface area contributed by atoms with Gasteiger partial charge in [-0.3, -0.25) is 0 Å². The molecule has 1 aromatic carbocycles. The minimum atomic E-state index is 0.141. The molecule has 0 atom stereocenters. The highest BCUT2D eigenvalue weighted by Crippen LogP contribution is 2.21. The Labute approximate surface area is 101 Å². The van der Waals surface area contributed by atoms with Crippen molar-refractivity contribution in [3.63, 3.8) is 0 Å². The van der Waals surface area contributed by atoms with Crippen molar-refractivity contribution < 1.29 is 4.74 Å². The lowest BCUT2D eigenvalue weighted by atomic mass is 10.2. The zero-order chi connectivity index (χ0) is 11.5. The maximum absolute atomic E-state index is 5.56. The van der Waals surface area contributed by atoms with E-state index in [1.165, 1.54) is 7.11 Å². The van der Waals surface area contributed by atoms with Gasteiger partial charge in [0.1, 0.15) is 0 Å². The molecule has 6 heteroatoms. The van der Waals surface area contributed by atoms with Crippen molar-refractivity contribution >= 4 is 21.9 Å². The minimum absolute atomic E-state index is 0.141. The molecule has 5 nitrogen and oxygen atoms in total. The first kappa shape index (κ1) is 10.8. The van der Waals surface area contributed by atoms with Crippen molar-refractivity contribution in [3.05, 3.63) is 28.7 Å². The highest BCUT2D eigenvalue weighted by atomic mass is 79.9. The van der Waals surface area contributed by atoms with Crippen LogP contribution in [0, 0.1) is 0 Å². The van der Waals surface area contributed by atoms with Gasteiger partial charge in [0.05, 0.1) is 7.11 Å². The summed E-state index contributed by atoms with van der Waals surface area (Å²) in [5.74, 6) is 0.632. The Bertz CT molecular complexity index is 518. The van der Waals surface area contributed by atoms with Crippen LogP contribution in [0.4, 0.5) is 5.95 Å². The van der Waals surface area contributed by atoms with Crippen LogP contribution in [0.25, 0.3) is 11.4 Å². The molecule has 2 rings (SSSR count). The van der Waals surface area contributed by atoms with Crippen molar-refractivity contribution in [1.29, 1.82) is 0 Å². The van der Waals surface area contributed by atoms with Crippen molar-refractivity contribution in [3.8, 4) is 17.4 Å². The molecule has 0 bridgehead atoms. The number of rotatable bonds is 2. The molecule has 0 aliphatic heterocycles. The molecule has 2 N–H and O–H groups in total. The number of methoxy groups -OCH3 is 1. The van der Waals surface area contributed by atoms with Gasteiger partial charge >= 0.3 is 6.01 Å². The van der Waals surface area contributed by atoms with Crippen LogP contribution in [0.2, 0.25) is 0 Å². The van der Waals surface area contributed by atoms with Crippen LogP contribution in [-0.2, 0) is 0 Å². The normalized spacial score (nSPS) is 10.1. The number of nitrogen functional groups attached to an aromatic ring is 1. The number of hydrogen-bond donors (Lipinski definition) is 1. The van der Waals surface area contributed by atoms with Gasteiger partial charge in [-0.15, -0.1) is 0 Å². The van der Waals surface area contributed by atoms with Gasteiger partial charge in [0.15, 0.2) is 5.82 Å². The largest absolute Gasteiger partial charge is 0.467 e. The summed E-state index contributed by atoms with van der Waals surface area (Å²) in [5, 5.41) is 0. The summed E-state index contributed by atoms with van der Waals surface area (Å²) < 4.78 is 5.88. The van der Waals surface area contributed by atoms with E-state index in [1.54, 1.807) is 0 Å². The third kappa shape index (κ3) is 2.27. The average Bonchev–Trinajstić information content (AvgIpc) is 2.28. The SMILES string of the molecule is COc1nc(N)nc(-c2cccc(Br)c2)n1. The molecule has 0 radical (unpaired) electrons. The van der Waals surface area contributed by atoms with Gasteiger partial charge in [0, 0.05) is 10.0 Å². The predicted molar refractivity (Wildman–Crippen MR) is 63.9 cm³/mol. The number of benzene rings is 1. The van der Waals surface area contributed by atoms with E-state index in [0.717, 1.165) is 10.0 Å². The standard InChI is InChI=1S/C10H9BrN4O/c1-16-10-14-8(13-9(12)15-10)6-3-2-4-7(11)5-6/h2-5H,1H3,(H2,12,13,14,15). The van der Waals surface area contributed by atoms with E-state index in [2.05, 4.69) is 30.9 Å². The monoisotopic (exact) mass is 280 g/mol. The van der Waals surface area contributed by atoms with Gasteiger partial charge < -0.3 is 10.5 Å². The Morgan fingerprint density at radius 3 is 2.75 bits per heavy atom. The number of anilines is 1. The zero-order valence-electron chi connectivity index (χ0n) is 8.51. The summed E-state index contributed by atoms with van der Waals surface area (Å²) in [4.78, 5) is 12.0. The number of ether oxygens (including phenoxy) is 1. The van der Waals surface area contributed by atoms with E-state index < -0.39 is 0 Å². The third-order valence-corrected chi connectivity index (χ3v) is 2.39. The highest BCUT2D eigenvalue weighted by molar-refractivity contribution is 9.10. The fourth-order valence-electron chi connectivity index (χ4n) is 1.22. The summed E-state index contributed by atoms with van der Waals surface area (Å²) in [7, 11) is 1.49. The van der Waals surface area contributed by atoms with Crippen LogP contribution in [-0.4, -0.2) is 22.1 Å². The molecule has 0 saturated heterocycles. The quantitative estimate of drug-likeness (QED) is 0.909. The fraction of sp³-hybridized carbons (Fsp3) is 0.100. The predicted octanol–water partition coefficient (Wildman–Crippen LogP) is 1.89. The Balaban J connectivity index is 2.51. The molecule has 0 saturated carbocycles. The molecule has 16 heavy (non-hydrogen) atoms. The zero-order valence-corrected chi connectivity index (χ0v) is 10.1. The van der Waals surface area contributed by atoms with E-state index in [0.29, 0.717) is 5.82 Å². The first-order valence-electron chi connectivity index (χ1n) is 4.50. The lowest BCUT2D eigenvalue weighted by Gasteiger charge is -2.03. The summed E-state index contributed by atoms with van der Waals surface area (Å²) in [6.45, 7) is 0. The smallest absolute Gasteiger partial charge is 0.321 e. The second-order valence-electron chi connectivity index (χ2n) is 3.01. The van der Waals surface area contributed by atoms with Crippen molar-refractivity contribution in [2.24, 2.45) is 0 Å². The second-order valence-corrected chi connectivity index (χ2v) is 3.93. The fourth-order valence-corrected chi connectivity index (χ4v) is 1.62. The van der Waals surface area contributed by atoms with Gasteiger partial charge in [-0.1, -0.05) is 28.1 Å². The van der Waals surface area contributed by atoms with Crippen molar-refractivity contribution in [2.45, 2.75) is 0 Å². The Kier molecular flexibility index (Phi) is 3.00. The second kappa shape index (κ2) is 4.44. The number of nitrogens with two attached hydrogens (primary N) is 1. The molecular weight excluding hydrogens is 272 g/mol. The van der Waals surface area contributed by atoms with Crippen molar-refractivity contribution in [2.75, 3.05) is 12.8 Å². The number of nitrogens with zero attached hydrogens (tertiary/aromatic N) is 3. The Hall–Kier alpha value is -1.69. The van der Waals surface area contributed by atoms with Gasteiger partial charge in [-0.2, -0.15) is 15.0 Å². The van der Waals surface area contributed by atoms with Crippen LogP contribution in [0.15, 0.2) is 28.7 Å². The summed E-state index contributed by atoms with van der Waals surface area (Å²) >= 11 is 3.38. The minimum Gasteiger partial charge on any atom is -0.467 e. The van der Waals surface area contributed by atoms with E-state index in [1.807, 2.05) is 24.3 Å². The molecule has 0 fully saturated rings. The van der Waals surface area contributed by atoms with Gasteiger partial charge in [0.2, 0.25) is 5.95 Å². The molecule has 0 spiro atoms. The summed E-state index contributed by atoms with van der Waals surface area (Å²) in [6.07, 6.45) is 0. The maximum atomic E-state index is 5.56. The molecule has 0 amide bonds. The lowest BCUT2D eigenvalue weighted by Crippen LogP contribution is -2.02. The van der Waals surface area contributed by atoms with E-state index >= 15 is 0 Å². The van der Waals surface area contributed by atoms with Crippen LogP contribution in [0.3, 0.4) is 0 Å². The van der Waals surface area contributed by atoms with Gasteiger partial charge in [-0.05, 0) is 12.1 Å². The summed E-state index contributed by atoms with van der Waals surface area (Å²) in [6, 6.07) is 7.81. The molecule has 2 aromatic rings. The Morgan fingerprint density at radius 2 is 2.06 bits per heavy atom. The van der Waals surface area contributed by atoms with Crippen LogP contribution >= 0.6 is 15.9 Å². The maximum Gasteiger partial charge on any atom is 0.321 e. The molecule has 1 aromatic heterocycles. The van der Waals surface area contributed by atoms with Crippen molar-refractivity contribution in [1.82, 2.24) is 15.0 Å². The van der Waals surface area contributed by atoms with Crippen LogP contribution in [0.1, 0.15) is 0 Å².